The third kappa shape index (κ3) is 5.27. The maximum Gasteiger partial charge on any atom is 0.339 e. The Kier molecular flexibility index (Phi) is 7.40. The zero-order chi connectivity index (χ0) is 28.1. The van der Waals surface area contributed by atoms with Crippen LogP contribution in [-0.4, -0.2) is 66.9 Å². The number of aliphatic hydroxyl groups is 1. The summed E-state index contributed by atoms with van der Waals surface area (Å²) in [5.41, 5.74) is 3.57. The molecule has 6 rings (SSSR count). The van der Waals surface area contributed by atoms with Crippen LogP contribution in [0.25, 0.3) is 6.08 Å². The molecule has 4 fully saturated rings. The highest BCUT2D eigenvalue weighted by atomic mass is 16.7. The summed E-state index contributed by atoms with van der Waals surface area (Å²) in [4.78, 5) is 26.2. The molecule has 0 spiro atoms. The van der Waals surface area contributed by atoms with Gasteiger partial charge in [-0.15, -0.1) is 0 Å². The molecule has 8 nitrogen and oxygen atoms in total. The van der Waals surface area contributed by atoms with Crippen LogP contribution >= 0.6 is 0 Å². The number of hydrogen-bond acceptors (Lipinski definition) is 7. The monoisotopic (exact) mass is 551 g/mol. The van der Waals surface area contributed by atoms with E-state index in [9.17, 15) is 9.59 Å². The molecule has 2 N–H and O–H groups in total. The molecule has 5 aliphatic rings. The van der Waals surface area contributed by atoms with Crippen LogP contribution in [0.1, 0.15) is 75.2 Å². The lowest BCUT2D eigenvalue weighted by molar-refractivity contribution is -0.118. The van der Waals surface area contributed by atoms with Gasteiger partial charge in [0.1, 0.15) is 25.1 Å². The van der Waals surface area contributed by atoms with Gasteiger partial charge in [-0.2, -0.15) is 0 Å². The number of esters is 1. The van der Waals surface area contributed by atoms with E-state index < -0.39 is 24.3 Å². The molecule has 40 heavy (non-hydrogen) atoms. The molecule has 3 aliphatic carbocycles. The second kappa shape index (κ2) is 10.7. The average molecular weight is 552 g/mol. The molecule has 0 aromatic heterocycles. The van der Waals surface area contributed by atoms with Crippen LogP contribution in [0, 0.1) is 17.3 Å². The average Bonchev–Trinajstić information content (AvgIpc) is 3.31. The van der Waals surface area contributed by atoms with Crippen LogP contribution in [0.5, 0.6) is 0 Å². The van der Waals surface area contributed by atoms with Crippen LogP contribution in [0.15, 0.2) is 41.5 Å². The minimum atomic E-state index is -0.660. The first-order valence-corrected chi connectivity index (χ1v) is 14.7. The first-order valence-electron chi connectivity index (χ1n) is 14.7. The Balaban J connectivity index is 1.23. The van der Waals surface area contributed by atoms with Crippen molar-refractivity contribution in [2.24, 2.45) is 17.3 Å². The van der Waals surface area contributed by atoms with Gasteiger partial charge in [-0.1, -0.05) is 43.7 Å². The van der Waals surface area contributed by atoms with Gasteiger partial charge in [-0.3, -0.25) is 4.79 Å². The molecule has 0 radical (unpaired) electrons. The van der Waals surface area contributed by atoms with E-state index in [4.69, 9.17) is 24.1 Å². The van der Waals surface area contributed by atoms with Gasteiger partial charge in [0.25, 0.3) is 0 Å². The third-order valence-corrected chi connectivity index (χ3v) is 9.86. The highest BCUT2D eigenvalue weighted by Gasteiger charge is 2.56. The SMILES string of the molecule is CC1(C)CC2C(=Cc3ccccc3C(=O)OC3CC(C(=O)NCCO)=CC4OCOC43)CCC3OC3(C)CCC21. The van der Waals surface area contributed by atoms with Gasteiger partial charge in [0, 0.05) is 18.5 Å². The lowest BCUT2D eigenvalue weighted by Crippen LogP contribution is -2.45. The molecule has 2 saturated heterocycles. The molecule has 1 amide bonds. The third-order valence-electron chi connectivity index (χ3n) is 9.86. The number of allylic oxidation sites excluding steroid dienone is 1. The number of amides is 1. The van der Waals surface area contributed by atoms with Gasteiger partial charge < -0.3 is 29.4 Å². The number of carbonyl (C=O) groups is 2. The molecule has 2 saturated carbocycles. The number of carbonyl (C=O) groups excluding carboxylic acids is 2. The first-order chi connectivity index (χ1) is 19.2. The number of hydrogen-bond donors (Lipinski definition) is 2. The molecule has 2 heterocycles. The Hall–Kier alpha value is -2.52. The van der Waals surface area contributed by atoms with Crippen LogP contribution in [0.2, 0.25) is 0 Å². The summed E-state index contributed by atoms with van der Waals surface area (Å²) in [6.07, 6.45) is 8.32. The zero-order valence-electron chi connectivity index (χ0n) is 23.7. The molecule has 7 unspecified atom stereocenters. The fourth-order valence-corrected chi connectivity index (χ4v) is 7.42. The number of benzene rings is 1. The maximum atomic E-state index is 13.6. The van der Waals surface area contributed by atoms with Gasteiger partial charge >= 0.3 is 5.97 Å². The van der Waals surface area contributed by atoms with Crippen molar-refractivity contribution in [1.29, 1.82) is 0 Å². The number of ether oxygens (including phenoxy) is 4. The molecule has 7 atom stereocenters. The molecule has 2 aliphatic heterocycles. The van der Waals surface area contributed by atoms with Crippen molar-refractivity contribution < 1.29 is 33.6 Å². The quantitative estimate of drug-likeness (QED) is 0.404. The van der Waals surface area contributed by atoms with E-state index in [1.807, 2.05) is 24.3 Å². The Morgan fingerprint density at radius 3 is 2.80 bits per heavy atom. The summed E-state index contributed by atoms with van der Waals surface area (Å²) < 4.78 is 23.5. The number of fused-ring (bicyclic) bond motifs is 3. The van der Waals surface area contributed by atoms with Crippen LogP contribution < -0.4 is 5.32 Å². The minimum Gasteiger partial charge on any atom is -0.456 e. The van der Waals surface area contributed by atoms with E-state index in [0.29, 0.717) is 34.5 Å². The van der Waals surface area contributed by atoms with E-state index in [0.717, 1.165) is 31.2 Å². The molecule has 216 valence electrons. The second-order valence-electron chi connectivity index (χ2n) is 12.9. The van der Waals surface area contributed by atoms with E-state index >= 15 is 0 Å². The lowest BCUT2D eigenvalue weighted by Gasteiger charge is -2.53. The Labute approximate surface area is 236 Å². The van der Waals surface area contributed by atoms with Gasteiger partial charge in [0.15, 0.2) is 0 Å². The van der Waals surface area contributed by atoms with Crippen molar-refractivity contribution in [2.75, 3.05) is 19.9 Å². The minimum absolute atomic E-state index is 0.0273. The smallest absolute Gasteiger partial charge is 0.339 e. The predicted molar refractivity (Wildman–Crippen MR) is 148 cm³/mol. The summed E-state index contributed by atoms with van der Waals surface area (Å²) >= 11 is 0. The number of aliphatic hydroxyl groups excluding tert-OH is 1. The van der Waals surface area contributed by atoms with E-state index in [1.165, 1.54) is 12.0 Å². The summed E-state index contributed by atoms with van der Waals surface area (Å²) in [5.74, 6) is 0.394. The van der Waals surface area contributed by atoms with E-state index in [1.54, 1.807) is 6.08 Å². The summed E-state index contributed by atoms with van der Waals surface area (Å²) in [6, 6.07) is 7.61. The maximum absolute atomic E-state index is 13.6. The fourth-order valence-electron chi connectivity index (χ4n) is 7.42. The standard InChI is InChI=1S/C32H41NO7/c1-31(2)17-23-20(8-9-27-32(3,40-27)11-10-24(23)31)14-19-6-4-5-7-22(19)30(36)39-26-16-21(29(35)33-12-13-34)15-25-28(26)38-18-37-25/h4-7,14-15,23-28,34H,8-13,16-18H2,1-3H3,(H,33,35). The largest absolute Gasteiger partial charge is 0.456 e. The second-order valence-corrected chi connectivity index (χ2v) is 12.9. The Morgan fingerprint density at radius 2 is 2.00 bits per heavy atom. The molecule has 0 bridgehead atoms. The molecular weight excluding hydrogens is 510 g/mol. The number of nitrogens with one attached hydrogen (secondary N) is 1. The van der Waals surface area contributed by atoms with Crippen LogP contribution in [-0.2, 0) is 23.7 Å². The van der Waals surface area contributed by atoms with Crippen molar-refractivity contribution in [3.05, 3.63) is 52.6 Å². The predicted octanol–water partition coefficient (Wildman–Crippen LogP) is 4.17. The summed E-state index contributed by atoms with van der Waals surface area (Å²) in [7, 11) is 0. The van der Waals surface area contributed by atoms with Crippen molar-refractivity contribution in [3.63, 3.8) is 0 Å². The Morgan fingerprint density at radius 1 is 1.18 bits per heavy atom. The molecule has 1 aromatic carbocycles. The van der Waals surface area contributed by atoms with Crippen molar-refractivity contribution >= 4 is 18.0 Å². The number of epoxide rings is 1. The molecular formula is C32H41NO7. The van der Waals surface area contributed by atoms with E-state index in [-0.39, 0.29) is 37.9 Å². The zero-order valence-corrected chi connectivity index (χ0v) is 23.7. The van der Waals surface area contributed by atoms with Crippen molar-refractivity contribution in [1.82, 2.24) is 5.32 Å². The highest BCUT2D eigenvalue weighted by molar-refractivity contribution is 5.95. The van der Waals surface area contributed by atoms with Gasteiger partial charge in [0.05, 0.1) is 23.9 Å². The van der Waals surface area contributed by atoms with Gasteiger partial charge in [-0.25, -0.2) is 4.79 Å². The van der Waals surface area contributed by atoms with Crippen molar-refractivity contribution in [2.45, 2.75) is 89.3 Å². The van der Waals surface area contributed by atoms with Crippen molar-refractivity contribution in [3.8, 4) is 0 Å². The molecule has 1 aromatic rings. The van der Waals surface area contributed by atoms with Gasteiger partial charge in [0.2, 0.25) is 5.91 Å². The van der Waals surface area contributed by atoms with E-state index in [2.05, 4.69) is 32.2 Å². The molecule has 8 heteroatoms. The number of rotatable bonds is 6. The summed E-state index contributed by atoms with van der Waals surface area (Å²) in [6.45, 7) is 7.09. The first kappa shape index (κ1) is 27.6. The normalized spacial score (nSPS) is 36.9. The summed E-state index contributed by atoms with van der Waals surface area (Å²) in [5, 5.41) is 11.7. The van der Waals surface area contributed by atoms with Gasteiger partial charge in [-0.05, 0) is 74.0 Å². The fraction of sp³-hybridized carbons (Fsp3) is 0.625. The topological polar surface area (TPSA) is 107 Å². The Bertz CT molecular complexity index is 1220. The van der Waals surface area contributed by atoms with Crippen LogP contribution in [0.3, 0.4) is 0 Å². The van der Waals surface area contributed by atoms with Crippen LogP contribution in [0.4, 0.5) is 0 Å². The lowest BCUT2D eigenvalue weighted by atomic mass is 9.52. The highest BCUT2D eigenvalue weighted by Crippen LogP contribution is 2.59.